The highest BCUT2D eigenvalue weighted by atomic mass is 35.6. The Balaban J connectivity index is 1.33. The normalized spacial score (nSPS) is 19.3. The molecular formula is C49H51Cl3N2O11. The Bertz CT molecular complexity index is 2180. The summed E-state index contributed by atoms with van der Waals surface area (Å²) in [6.07, 6.45) is -7.38. The second kappa shape index (κ2) is 25.5. The standard InChI is InChI=1S/C49H51Cl3N2O11/c1-34(41(45(55)61-30-38-23-13-5-14-24-38)53-47(56)62-31-39-25-15-6-16-26-39)64-46-42(54-48(57)63-33-49(50,51)52)44(60-29-37-21-11-4-12-22-37)43(59-28-36-19-9-3-10-20-36)40(65-46)32-58-27-35-17-7-2-8-18-35/h2-26,34,40-44,46H,27-33H2,1H3,(H,53,56)(H,54,57)/t34-,40+,41-,42+,43+,44+,46-/m0/s1. The lowest BCUT2D eigenvalue weighted by molar-refractivity contribution is -0.299. The van der Waals surface area contributed by atoms with Crippen LogP contribution in [0.5, 0.6) is 0 Å². The van der Waals surface area contributed by atoms with Gasteiger partial charge in [0.1, 0.15) is 44.2 Å². The summed E-state index contributed by atoms with van der Waals surface area (Å²) in [5.74, 6) is -0.830. The van der Waals surface area contributed by atoms with Gasteiger partial charge in [-0.05, 0) is 34.7 Å². The van der Waals surface area contributed by atoms with E-state index in [2.05, 4.69) is 10.6 Å². The van der Waals surface area contributed by atoms with Crippen molar-refractivity contribution < 1.29 is 52.3 Å². The first-order valence-corrected chi connectivity index (χ1v) is 22.1. The Hall–Kier alpha value is -5.22. The zero-order valence-corrected chi connectivity index (χ0v) is 37.8. The van der Waals surface area contributed by atoms with E-state index in [0.717, 1.165) is 22.3 Å². The number of ether oxygens (including phenoxy) is 8. The molecule has 1 aliphatic rings. The maximum absolute atomic E-state index is 14.0. The van der Waals surface area contributed by atoms with Crippen LogP contribution in [0.15, 0.2) is 152 Å². The second-order valence-corrected chi connectivity index (χ2v) is 17.6. The number of benzene rings is 5. The lowest BCUT2D eigenvalue weighted by Crippen LogP contribution is -2.67. The van der Waals surface area contributed by atoms with Crippen LogP contribution >= 0.6 is 34.8 Å². The van der Waals surface area contributed by atoms with E-state index in [-0.39, 0.29) is 39.6 Å². The molecule has 16 heteroatoms. The van der Waals surface area contributed by atoms with Crippen molar-refractivity contribution in [1.29, 1.82) is 0 Å². The number of alkyl carbamates (subject to hydrolysis) is 2. The molecule has 0 aromatic heterocycles. The van der Waals surface area contributed by atoms with E-state index < -0.39 is 71.3 Å². The summed E-state index contributed by atoms with van der Waals surface area (Å²) in [7, 11) is 0. The number of hydrogen-bond acceptors (Lipinski definition) is 11. The fourth-order valence-electron chi connectivity index (χ4n) is 6.80. The van der Waals surface area contributed by atoms with Crippen molar-refractivity contribution in [1.82, 2.24) is 10.6 Å². The molecule has 1 saturated heterocycles. The maximum atomic E-state index is 14.0. The summed E-state index contributed by atoms with van der Waals surface area (Å²) >= 11 is 17.9. The SMILES string of the molecule is C[C@H](O[C@H]1O[C@H](COCc2ccccc2)[C@@H](OCc2ccccc2)[C@H](OCc2ccccc2)[C@H]1NC(=O)OCC(Cl)(Cl)Cl)[C@H](NC(=O)OCc1ccccc1)C(=O)OCc1ccccc1. The molecule has 2 amide bonds. The van der Waals surface area contributed by atoms with Crippen LogP contribution in [0, 0.1) is 0 Å². The largest absolute Gasteiger partial charge is 0.459 e. The van der Waals surface area contributed by atoms with Gasteiger partial charge in [-0.25, -0.2) is 14.4 Å². The highest BCUT2D eigenvalue weighted by Crippen LogP contribution is 2.31. The van der Waals surface area contributed by atoms with Gasteiger partial charge in [0.25, 0.3) is 0 Å². The van der Waals surface area contributed by atoms with Gasteiger partial charge >= 0.3 is 18.2 Å². The first kappa shape index (κ1) is 49.2. The second-order valence-electron chi connectivity index (χ2n) is 15.0. The molecule has 344 valence electrons. The van der Waals surface area contributed by atoms with Crippen molar-refractivity contribution in [2.75, 3.05) is 13.2 Å². The number of carbonyl (C=O) groups is 3. The lowest BCUT2D eigenvalue weighted by Gasteiger charge is -2.47. The Morgan fingerprint density at radius 2 is 1.03 bits per heavy atom. The summed E-state index contributed by atoms with van der Waals surface area (Å²) in [5.41, 5.74) is 4.04. The van der Waals surface area contributed by atoms with E-state index in [0.29, 0.717) is 5.56 Å². The molecule has 0 radical (unpaired) electrons. The first-order valence-electron chi connectivity index (χ1n) is 20.9. The van der Waals surface area contributed by atoms with E-state index >= 15 is 0 Å². The summed E-state index contributed by atoms with van der Waals surface area (Å²) < 4.78 is 47.5. The summed E-state index contributed by atoms with van der Waals surface area (Å²) in [5, 5.41) is 5.42. The first-order chi connectivity index (χ1) is 31.5. The third-order valence-corrected chi connectivity index (χ3v) is 10.4. The zero-order valence-electron chi connectivity index (χ0n) is 35.5. The number of nitrogens with one attached hydrogen (secondary N) is 2. The third-order valence-electron chi connectivity index (χ3n) is 10.0. The molecule has 13 nitrogen and oxygen atoms in total. The molecule has 65 heavy (non-hydrogen) atoms. The summed E-state index contributed by atoms with van der Waals surface area (Å²) in [6, 6.07) is 43.9. The van der Waals surface area contributed by atoms with E-state index in [4.69, 9.17) is 72.7 Å². The van der Waals surface area contributed by atoms with Crippen molar-refractivity contribution in [3.8, 4) is 0 Å². The molecule has 1 fully saturated rings. The number of halogens is 3. The van der Waals surface area contributed by atoms with Crippen LogP contribution < -0.4 is 10.6 Å². The number of carbonyl (C=O) groups excluding carboxylic acids is 3. The predicted molar refractivity (Wildman–Crippen MR) is 244 cm³/mol. The van der Waals surface area contributed by atoms with Crippen molar-refractivity contribution >= 4 is 53.0 Å². The number of hydrogen-bond donors (Lipinski definition) is 2. The quantitative estimate of drug-likeness (QED) is 0.0413. The van der Waals surface area contributed by atoms with Gasteiger partial charge in [0, 0.05) is 0 Å². The minimum atomic E-state index is -1.93. The molecule has 5 aromatic carbocycles. The highest BCUT2D eigenvalue weighted by Gasteiger charge is 2.50. The van der Waals surface area contributed by atoms with Crippen molar-refractivity contribution in [3.63, 3.8) is 0 Å². The molecule has 2 N–H and O–H groups in total. The van der Waals surface area contributed by atoms with Gasteiger partial charge < -0.3 is 48.5 Å². The molecule has 0 aliphatic carbocycles. The molecule has 0 saturated carbocycles. The topological polar surface area (TPSA) is 149 Å². The fraction of sp³-hybridized carbons (Fsp3) is 0.327. The zero-order chi connectivity index (χ0) is 45.9. The van der Waals surface area contributed by atoms with Crippen LogP contribution in [-0.4, -0.2) is 78.0 Å². The molecular weight excluding hydrogens is 899 g/mol. The van der Waals surface area contributed by atoms with Crippen LogP contribution in [0.2, 0.25) is 0 Å². The van der Waals surface area contributed by atoms with E-state index in [1.807, 2.05) is 127 Å². The van der Waals surface area contributed by atoms with Crippen LogP contribution in [0.4, 0.5) is 9.59 Å². The van der Waals surface area contributed by atoms with Crippen molar-refractivity contribution in [2.24, 2.45) is 0 Å². The summed E-state index contributed by atoms with van der Waals surface area (Å²) in [6.45, 7) is 1.20. The lowest BCUT2D eigenvalue weighted by atomic mass is 9.95. The van der Waals surface area contributed by atoms with Crippen molar-refractivity contribution in [3.05, 3.63) is 179 Å². The monoisotopic (exact) mass is 948 g/mol. The van der Waals surface area contributed by atoms with Gasteiger partial charge in [0.2, 0.25) is 3.79 Å². The Labute approximate surface area is 393 Å². The predicted octanol–water partition coefficient (Wildman–Crippen LogP) is 9.01. The molecule has 0 bridgehead atoms. The van der Waals surface area contributed by atoms with Gasteiger partial charge in [0.05, 0.1) is 32.5 Å². The number of rotatable bonds is 21. The molecule has 0 unspecified atom stereocenters. The van der Waals surface area contributed by atoms with Gasteiger partial charge in [-0.15, -0.1) is 0 Å². The van der Waals surface area contributed by atoms with Crippen LogP contribution in [0.3, 0.4) is 0 Å². The molecule has 5 aromatic rings. The smallest absolute Gasteiger partial charge is 0.408 e. The molecule has 7 atom stereocenters. The minimum absolute atomic E-state index is 0.0230. The van der Waals surface area contributed by atoms with Crippen LogP contribution in [0.1, 0.15) is 34.7 Å². The van der Waals surface area contributed by atoms with Gasteiger partial charge in [-0.2, -0.15) is 0 Å². The molecule has 1 aliphatic heterocycles. The van der Waals surface area contributed by atoms with E-state index in [9.17, 15) is 14.4 Å². The highest BCUT2D eigenvalue weighted by molar-refractivity contribution is 6.67. The maximum Gasteiger partial charge on any atom is 0.408 e. The third kappa shape index (κ3) is 16.6. The van der Waals surface area contributed by atoms with Crippen LogP contribution in [-0.2, 0) is 75.7 Å². The Morgan fingerprint density at radius 1 is 0.585 bits per heavy atom. The molecule has 6 rings (SSSR count). The molecule has 1 heterocycles. The minimum Gasteiger partial charge on any atom is -0.459 e. The van der Waals surface area contributed by atoms with E-state index in [1.165, 1.54) is 0 Å². The van der Waals surface area contributed by atoms with Gasteiger partial charge in [-0.1, -0.05) is 186 Å². The van der Waals surface area contributed by atoms with Crippen molar-refractivity contribution in [2.45, 2.75) is 86.5 Å². The Kier molecular flexibility index (Phi) is 19.3. The molecule has 0 spiro atoms. The number of esters is 1. The summed E-state index contributed by atoms with van der Waals surface area (Å²) in [4.78, 5) is 41.0. The average Bonchev–Trinajstić information content (AvgIpc) is 3.32. The average molecular weight is 950 g/mol. The van der Waals surface area contributed by atoms with Gasteiger partial charge in [-0.3, -0.25) is 0 Å². The van der Waals surface area contributed by atoms with E-state index in [1.54, 1.807) is 31.2 Å². The van der Waals surface area contributed by atoms with Crippen LogP contribution in [0.25, 0.3) is 0 Å². The Morgan fingerprint density at radius 3 is 1.52 bits per heavy atom. The van der Waals surface area contributed by atoms with Gasteiger partial charge in [0.15, 0.2) is 12.3 Å². The number of amides is 2. The number of alkyl halides is 3. The fourth-order valence-corrected chi connectivity index (χ4v) is 6.96.